The number of fused-ring (bicyclic) bond motifs is 15. The molecule has 11 bridgehead atoms. The van der Waals surface area contributed by atoms with Crippen LogP contribution in [0.3, 0.4) is 0 Å². The number of nitrogens with two attached hydrogens (primary N) is 1. The molecule has 7 aliphatic rings. The number of nitrogens with one attached hydrogen (secondary N) is 11. The van der Waals surface area contributed by atoms with E-state index >= 15 is 24.0 Å². The third-order valence-electron chi connectivity index (χ3n) is 21.5. The molecule has 126 heavy (non-hydrogen) atoms. The Labute approximate surface area is 736 Å². The van der Waals surface area contributed by atoms with E-state index in [1.54, 1.807) is 26.8 Å². The Balaban J connectivity index is 1.000. The Morgan fingerprint density at radius 3 is 1.97 bits per heavy atom. The quantitative estimate of drug-likeness (QED) is 0.0482. The van der Waals surface area contributed by atoms with Crippen LogP contribution in [0.5, 0.6) is 46.0 Å². The number of phenolic OH excluding ortho intramolecular Hbond substituents is 3. The molecule has 10 amide bonds. The van der Waals surface area contributed by atoms with E-state index in [4.69, 9.17) is 80.6 Å². The Bertz CT molecular complexity index is 5460. The summed E-state index contributed by atoms with van der Waals surface area (Å²) in [4.78, 5) is 163. The van der Waals surface area contributed by atoms with Crippen molar-refractivity contribution in [1.29, 1.82) is 0 Å². The van der Waals surface area contributed by atoms with Crippen LogP contribution < -0.4 is 84.3 Å². The zero-order chi connectivity index (χ0) is 91.4. The molecule has 44 heteroatoms. The zero-order valence-corrected chi connectivity index (χ0v) is 70.7. The monoisotopic (exact) mass is 1830 g/mol. The number of carbonyl (C=O) groups is 10. The van der Waals surface area contributed by atoms with E-state index in [1.807, 2.05) is 0 Å². The molecule has 0 saturated carbocycles. The lowest BCUT2D eigenvalue weighted by atomic mass is 9.85. The second-order valence-corrected chi connectivity index (χ2v) is 32.8. The number of aromatic hydroxyl groups is 3. The summed E-state index contributed by atoms with van der Waals surface area (Å²) >= 11 is 26.5. The summed E-state index contributed by atoms with van der Waals surface area (Å²) in [7, 11) is 1.46. The normalized spacial score (nSPS) is 25.8. The third-order valence-corrected chi connectivity index (χ3v) is 22.8. The predicted octanol–water partition coefficient (Wildman–Crippen LogP) is 1.56. The van der Waals surface area contributed by atoms with Gasteiger partial charge in [0.1, 0.15) is 101 Å². The van der Waals surface area contributed by atoms with Crippen LogP contribution >= 0.6 is 46.4 Å². The minimum absolute atomic E-state index is 0.0462. The van der Waals surface area contributed by atoms with Crippen LogP contribution in [0.2, 0.25) is 20.1 Å². The number of anilines is 1. The number of halogens is 4. The number of benzene rings is 6. The van der Waals surface area contributed by atoms with Crippen LogP contribution in [-0.2, 0) is 75.1 Å². The standard InChI is InChI=1S/C82H90Cl4N14O26/c1-32(2)19-47(88-6)73(113)96-64-66(108)37-9-13-51(45(85)23-37)122-53-25-39-26-54(70(53)126-80-71(69(111)68(110)55(31-101)124-80)125-59-30-82(5,72(112)33(3)121-59)89-16-18-100-17-15-57(92-81(100)120)91-58(107)21-35-7-11-43(83)44(84)20-35)123-52-14-10-38(24-46(52)86)67(109)65-78(118)95-63(79(119)99-98-34(4)102)42-27-40(103)28-50(105)60(42)41-22-36(8-12-49(41)104)61(75(115)97-65)94-76(116)62(39)93-74(114)48(29-56(87)106)90-77(64)117/h7-15,17,20,22-28,32-33,47-48,55,59,61-69,71-72,80,88-89,101,103-105,108-112H,16,18-19,21,29-31H2,1-6H3,(H2,87,106)(H,90,117)(H,93,114)(H,94,116)(H,95,118)(H,96,113)(H,97,115)(H,98,102)(H,99,119)(H,91,92,107,120). The van der Waals surface area contributed by atoms with Crippen molar-refractivity contribution in [2.45, 2.75) is 176 Å². The fourth-order valence-corrected chi connectivity index (χ4v) is 15.8. The molecule has 1 aromatic heterocycles. The first-order valence-corrected chi connectivity index (χ1v) is 40.8. The van der Waals surface area contributed by atoms with Crippen molar-refractivity contribution in [2.24, 2.45) is 11.7 Å². The zero-order valence-electron chi connectivity index (χ0n) is 67.7. The van der Waals surface area contributed by atoms with E-state index in [0.717, 1.165) is 73.7 Å². The smallest absolute Gasteiger partial charge is 0.349 e. The van der Waals surface area contributed by atoms with E-state index < -0.39 is 260 Å². The lowest BCUT2D eigenvalue weighted by Gasteiger charge is -2.48. The topological polar surface area (TPSA) is 601 Å². The molecule has 7 aliphatic heterocycles. The van der Waals surface area contributed by atoms with Crippen LogP contribution in [0, 0.1) is 5.92 Å². The van der Waals surface area contributed by atoms with Crippen LogP contribution in [0.4, 0.5) is 5.82 Å². The number of amides is 10. The number of nitrogens with zero attached hydrogens (tertiary/aromatic N) is 2. The molecular weight excluding hydrogens is 1740 g/mol. The van der Waals surface area contributed by atoms with Gasteiger partial charge in [-0.25, -0.2) is 4.79 Å². The van der Waals surface area contributed by atoms with Gasteiger partial charge < -0.3 is 128 Å². The molecule has 22 N–H and O–H groups in total. The summed E-state index contributed by atoms with van der Waals surface area (Å²) in [5, 5.41) is 130. The average molecular weight is 1830 g/mol. The number of aliphatic hydroxyl groups excluding tert-OH is 6. The molecule has 0 aliphatic carbocycles. The summed E-state index contributed by atoms with van der Waals surface area (Å²) in [5.74, 6) is -17.3. The van der Waals surface area contributed by atoms with E-state index in [9.17, 15) is 74.7 Å². The van der Waals surface area contributed by atoms with Gasteiger partial charge in [-0.05, 0) is 139 Å². The first kappa shape index (κ1) is 93.6. The van der Waals surface area contributed by atoms with Gasteiger partial charge in [-0.3, -0.25) is 63.4 Å². The largest absolute Gasteiger partial charge is 0.508 e. The summed E-state index contributed by atoms with van der Waals surface area (Å²) in [6.07, 6.45) is -18.4. The number of hydrogen-bond donors (Lipinski definition) is 21. The molecule has 0 spiro atoms. The fraction of sp³-hybridized carbons (Fsp3) is 0.390. The molecule has 672 valence electrons. The lowest BCUT2D eigenvalue weighted by Crippen LogP contribution is -2.65. The summed E-state index contributed by atoms with van der Waals surface area (Å²) in [6.45, 7) is 6.55. The Morgan fingerprint density at radius 1 is 0.690 bits per heavy atom. The van der Waals surface area contributed by atoms with E-state index in [2.05, 4.69) is 63.7 Å². The minimum atomic E-state index is -2.41. The van der Waals surface area contributed by atoms with E-state index in [-0.39, 0.29) is 76.6 Å². The van der Waals surface area contributed by atoms with Gasteiger partial charge >= 0.3 is 5.69 Å². The molecule has 7 aromatic rings. The summed E-state index contributed by atoms with van der Waals surface area (Å²) < 4.78 is 40.6. The van der Waals surface area contributed by atoms with Crippen molar-refractivity contribution in [1.82, 2.24) is 62.9 Å². The molecule has 0 radical (unpaired) electrons. The number of aromatic nitrogens is 2. The molecular formula is C82H90Cl4N14O26. The molecule has 8 heterocycles. The second kappa shape index (κ2) is 39.5. The van der Waals surface area contributed by atoms with Gasteiger partial charge in [0.25, 0.3) is 5.91 Å². The second-order valence-electron chi connectivity index (χ2n) is 31.1. The van der Waals surface area contributed by atoms with Crippen LogP contribution in [0.1, 0.15) is 118 Å². The number of carbonyl (C=O) groups excluding carboxylic acids is 10. The summed E-state index contributed by atoms with van der Waals surface area (Å²) in [6, 6.07) is 5.10. The minimum Gasteiger partial charge on any atom is -0.508 e. The molecule has 14 rings (SSSR count). The highest BCUT2D eigenvalue weighted by Crippen LogP contribution is 2.50. The van der Waals surface area contributed by atoms with Crippen molar-refractivity contribution in [2.75, 3.05) is 25.5 Å². The van der Waals surface area contributed by atoms with Crippen molar-refractivity contribution in [3.8, 4) is 57.1 Å². The van der Waals surface area contributed by atoms with E-state index in [0.29, 0.717) is 5.56 Å². The highest BCUT2D eigenvalue weighted by molar-refractivity contribution is 6.42. The highest BCUT2D eigenvalue weighted by atomic mass is 35.5. The Morgan fingerprint density at radius 2 is 1.34 bits per heavy atom. The molecule has 2 fully saturated rings. The van der Waals surface area contributed by atoms with Gasteiger partial charge in [0, 0.05) is 55.4 Å². The number of hydrazine groups is 1. The van der Waals surface area contributed by atoms with Gasteiger partial charge in [0.05, 0.1) is 57.8 Å². The molecule has 40 nitrogen and oxygen atoms in total. The van der Waals surface area contributed by atoms with Crippen molar-refractivity contribution in [3.63, 3.8) is 0 Å². The number of ether oxygens (including phenoxy) is 6. The van der Waals surface area contributed by atoms with E-state index in [1.165, 1.54) is 55.1 Å². The SMILES string of the molecule is CNC(CC(C)C)C(=O)NC1C(=O)NC(CC(N)=O)C(=O)NC2C(=O)NC3C(=O)NC(C(=O)NC(C(=O)NNC(C)=O)c4cc(O)cc(O)c4-c4cc3ccc4O)C(O)c3ccc(c(Cl)c3)Oc3cc2cc(c3OC2OC(CO)C(O)C(O)C2OC2CC(C)(NCCn3ccc(NC(=O)Cc4ccc(Cl)c(Cl)c4)nc3=O)C(O)C(C)O2)Oc2ccc(cc2Cl)C1O. The highest BCUT2D eigenvalue weighted by Gasteiger charge is 2.52. The number of aliphatic hydroxyl groups is 6. The van der Waals surface area contributed by atoms with Gasteiger partial charge in [-0.15, -0.1) is 0 Å². The van der Waals surface area contributed by atoms with Crippen molar-refractivity contribution in [3.05, 3.63) is 173 Å². The Kier molecular flexibility index (Phi) is 29.4. The number of phenols is 3. The number of rotatable bonds is 20. The number of likely N-dealkylation sites (N-methyl/N-ethyl adjacent to an activating group) is 1. The average Bonchev–Trinajstić information content (AvgIpc) is 0.764. The predicted molar refractivity (Wildman–Crippen MR) is 445 cm³/mol. The Hall–Kier alpha value is -11.6. The lowest BCUT2D eigenvalue weighted by molar-refractivity contribution is -0.334. The first-order valence-electron chi connectivity index (χ1n) is 39.3. The third kappa shape index (κ3) is 21.2. The fourth-order valence-electron chi connectivity index (χ4n) is 15.0. The van der Waals surface area contributed by atoms with Crippen LogP contribution in [-0.4, -0.2) is 214 Å². The van der Waals surface area contributed by atoms with Crippen molar-refractivity contribution >= 4 is 111 Å². The number of hydrogen-bond acceptors (Lipinski definition) is 29. The van der Waals surface area contributed by atoms with Gasteiger partial charge in [-0.1, -0.05) is 84.5 Å². The number of primary amides is 1. The molecule has 2 saturated heterocycles. The maximum Gasteiger partial charge on any atom is 0.349 e. The maximum atomic E-state index is 16.3. The first-order chi connectivity index (χ1) is 59.7. The van der Waals surface area contributed by atoms with Gasteiger partial charge in [0.2, 0.25) is 65.2 Å². The van der Waals surface area contributed by atoms with Gasteiger partial charge in [0.15, 0.2) is 23.9 Å². The van der Waals surface area contributed by atoms with Crippen LogP contribution in [0.15, 0.2) is 114 Å². The van der Waals surface area contributed by atoms with Crippen LogP contribution in [0.25, 0.3) is 11.1 Å². The van der Waals surface area contributed by atoms with Crippen molar-refractivity contribution < 1.29 is 122 Å². The molecule has 6 aromatic carbocycles. The molecule has 18 atom stereocenters. The maximum absolute atomic E-state index is 16.3. The summed E-state index contributed by atoms with van der Waals surface area (Å²) in [5.41, 5.74) is 5.39. The molecule has 18 unspecified atom stereocenters. The van der Waals surface area contributed by atoms with Gasteiger partial charge in [-0.2, -0.15) is 4.98 Å².